The molecular formula is C13H22N2OSi. The second-order valence-electron chi connectivity index (χ2n) is 4.29. The van der Waals surface area contributed by atoms with Crippen molar-refractivity contribution in [2.75, 3.05) is 0 Å². The van der Waals surface area contributed by atoms with Crippen LogP contribution in [0.15, 0.2) is 34.2 Å². The third kappa shape index (κ3) is 5.63. The zero-order valence-corrected chi connectivity index (χ0v) is 12.4. The Hall–Kier alpha value is -1.16. The summed E-state index contributed by atoms with van der Waals surface area (Å²) in [6.45, 7) is 6.90. The van der Waals surface area contributed by atoms with Crippen LogP contribution >= 0.6 is 0 Å². The van der Waals surface area contributed by atoms with Gasteiger partial charge in [0.25, 0.3) is 0 Å². The number of hydrogen-bond donors (Lipinski definition) is 0. The van der Waals surface area contributed by atoms with E-state index < -0.39 is 0 Å². The van der Waals surface area contributed by atoms with Crippen LogP contribution in [-0.4, -0.2) is 15.8 Å². The molecule has 1 aromatic carbocycles. The largest absolute Gasteiger partial charge is 0.491 e. The molecule has 0 aliphatic rings. The van der Waals surface area contributed by atoms with Crippen LogP contribution in [0.1, 0.15) is 32.8 Å². The van der Waals surface area contributed by atoms with E-state index in [0.717, 1.165) is 11.3 Å². The van der Waals surface area contributed by atoms with Gasteiger partial charge in [-0.05, 0) is 26.0 Å². The molecule has 0 fully saturated rings. The lowest BCUT2D eigenvalue weighted by atomic mass is 10.2. The highest BCUT2D eigenvalue weighted by Gasteiger charge is 2.03. The maximum absolute atomic E-state index is 5.73. The summed E-state index contributed by atoms with van der Waals surface area (Å²) < 4.78 is 10.0. The normalized spacial score (nSPS) is 12.0. The molecule has 0 unspecified atom stereocenters. The zero-order chi connectivity index (χ0) is 12.5. The van der Waals surface area contributed by atoms with Crippen LogP contribution in [0.4, 0.5) is 0 Å². The van der Waals surface area contributed by atoms with Gasteiger partial charge in [0.15, 0.2) is 9.68 Å². The Morgan fingerprint density at radius 3 is 2.76 bits per heavy atom. The Morgan fingerprint density at radius 2 is 2.06 bits per heavy atom. The monoisotopic (exact) mass is 250 g/mol. The first-order valence-corrected chi connectivity index (χ1v) is 7.95. The summed E-state index contributed by atoms with van der Waals surface area (Å²) in [4.78, 5) is 0. The molecule has 94 valence electrons. The van der Waals surface area contributed by atoms with Gasteiger partial charge in [-0.1, -0.05) is 31.5 Å². The SMILES string of the molecule is CCC[SiH2]N=NCc1ccccc1OC(C)C. The Balaban J connectivity index is 2.54. The van der Waals surface area contributed by atoms with Gasteiger partial charge in [0, 0.05) is 5.56 Å². The van der Waals surface area contributed by atoms with Gasteiger partial charge in [-0.3, -0.25) is 0 Å². The number of ether oxygens (including phenoxy) is 1. The van der Waals surface area contributed by atoms with Crippen molar-refractivity contribution >= 4 is 9.68 Å². The molecule has 0 aliphatic carbocycles. The fourth-order valence-corrected chi connectivity index (χ4v) is 2.13. The molecule has 0 saturated carbocycles. The molecule has 4 heteroatoms. The molecular weight excluding hydrogens is 228 g/mol. The van der Waals surface area contributed by atoms with E-state index >= 15 is 0 Å². The lowest BCUT2D eigenvalue weighted by Gasteiger charge is -2.12. The van der Waals surface area contributed by atoms with Crippen LogP contribution in [0.25, 0.3) is 0 Å². The molecule has 0 N–H and O–H groups in total. The molecule has 0 aromatic heterocycles. The molecule has 0 radical (unpaired) electrons. The van der Waals surface area contributed by atoms with E-state index in [4.69, 9.17) is 4.74 Å². The quantitative estimate of drug-likeness (QED) is 0.415. The number of rotatable bonds is 7. The number of para-hydroxylation sites is 1. The Labute approximate surface area is 106 Å². The lowest BCUT2D eigenvalue weighted by Crippen LogP contribution is -2.07. The molecule has 0 atom stereocenters. The van der Waals surface area contributed by atoms with Crippen molar-refractivity contribution in [1.29, 1.82) is 0 Å². The van der Waals surface area contributed by atoms with Crippen LogP contribution in [0.3, 0.4) is 0 Å². The van der Waals surface area contributed by atoms with E-state index in [2.05, 4.69) is 22.9 Å². The van der Waals surface area contributed by atoms with Gasteiger partial charge in [-0.15, -0.1) is 0 Å². The first-order valence-electron chi connectivity index (χ1n) is 6.31. The molecule has 0 bridgehead atoms. The predicted octanol–water partition coefficient (Wildman–Crippen LogP) is 3.34. The second kappa shape index (κ2) is 8.01. The smallest absolute Gasteiger partial charge is 0.178 e. The van der Waals surface area contributed by atoms with Gasteiger partial charge >= 0.3 is 0 Å². The van der Waals surface area contributed by atoms with Crippen LogP contribution in [0.2, 0.25) is 6.04 Å². The molecule has 0 spiro atoms. The van der Waals surface area contributed by atoms with Gasteiger partial charge < -0.3 is 4.74 Å². The molecule has 17 heavy (non-hydrogen) atoms. The van der Waals surface area contributed by atoms with Gasteiger partial charge in [-0.2, -0.15) is 0 Å². The summed E-state index contributed by atoms with van der Waals surface area (Å²) in [6, 6.07) is 9.30. The van der Waals surface area contributed by atoms with Crippen LogP contribution < -0.4 is 4.74 Å². The fraction of sp³-hybridized carbons (Fsp3) is 0.538. The average Bonchev–Trinajstić information content (AvgIpc) is 2.30. The van der Waals surface area contributed by atoms with Gasteiger partial charge in [0.1, 0.15) is 5.75 Å². The maximum atomic E-state index is 5.73. The van der Waals surface area contributed by atoms with Crippen molar-refractivity contribution in [1.82, 2.24) is 0 Å². The summed E-state index contributed by atoms with van der Waals surface area (Å²) in [5, 5.41) is 4.25. The average molecular weight is 250 g/mol. The first-order chi connectivity index (χ1) is 8.24. The third-order valence-electron chi connectivity index (χ3n) is 2.29. The first kappa shape index (κ1) is 13.9. The molecule has 0 amide bonds. The highest BCUT2D eigenvalue weighted by Crippen LogP contribution is 2.20. The number of hydrogen-bond acceptors (Lipinski definition) is 3. The van der Waals surface area contributed by atoms with Crippen molar-refractivity contribution in [3.8, 4) is 5.75 Å². The molecule has 1 rings (SSSR count). The molecule has 0 heterocycles. The Bertz CT molecular complexity index is 353. The van der Waals surface area contributed by atoms with Gasteiger partial charge in [0.05, 0.1) is 12.6 Å². The Kier molecular flexibility index (Phi) is 6.55. The maximum Gasteiger partial charge on any atom is 0.178 e. The van der Waals surface area contributed by atoms with Gasteiger partial charge in [0.2, 0.25) is 0 Å². The van der Waals surface area contributed by atoms with Crippen LogP contribution in [0.5, 0.6) is 5.75 Å². The van der Waals surface area contributed by atoms with Crippen molar-refractivity contribution in [2.24, 2.45) is 9.89 Å². The standard InChI is InChI=1S/C13H22N2OSi/c1-4-9-17-15-14-10-12-7-5-6-8-13(12)16-11(2)3/h5-8,11H,4,9-10,17H2,1-3H3. The highest BCUT2D eigenvalue weighted by atomic mass is 28.2. The third-order valence-corrected chi connectivity index (χ3v) is 3.71. The summed E-state index contributed by atoms with van der Waals surface area (Å²) in [6.07, 6.45) is 1.42. The van der Waals surface area contributed by atoms with Crippen LogP contribution in [0, 0.1) is 0 Å². The zero-order valence-electron chi connectivity index (χ0n) is 11.0. The van der Waals surface area contributed by atoms with Crippen molar-refractivity contribution in [2.45, 2.75) is 45.9 Å². The van der Waals surface area contributed by atoms with E-state index in [9.17, 15) is 0 Å². The number of benzene rings is 1. The Morgan fingerprint density at radius 1 is 1.29 bits per heavy atom. The van der Waals surface area contributed by atoms with Crippen LogP contribution in [-0.2, 0) is 6.54 Å². The molecule has 0 saturated heterocycles. The molecule has 3 nitrogen and oxygen atoms in total. The van der Waals surface area contributed by atoms with E-state index in [1.807, 2.05) is 32.0 Å². The van der Waals surface area contributed by atoms with E-state index in [0.29, 0.717) is 6.54 Å². The summed E-state index contributed by atoms with van der Waals surface area (Å²) in [7, 11) is -0.321. The van der Waals surface area contributed by atoms with Crippen molar-refractivity contribution in [3.63, 3.8) is 0 Å². The van der Waals surface area contributed by atoms with Crippen molar-refractivity contribution < 1.29 is 4.74 Å². The molecule has 1 aromatic rings. The number of nitrogens with zero attached hydrogens (tertiary/aromatic N) is 2. The van der Waals surface area contributed by atoms with E-state index in [1.54, 1.807) is 0 Å². The van der Waals surface area contributed by atoms with Gasteiger partial charge in [-0.25, -0.2) is 9.89 Å². The van der Waals surface area contributed by atoms with Crippen molar-refractivity contribution in [3.05, 3.63) is 29.8 Å². The molecule has 0 aliphatic heterocycles. The second-order valence-corrected chi connectivity index (χ2v) is 5.73. The van der Waals surface area contributed by atoms with E-state index in [1.165, 1.54) is 12.5 Å². The minimum Gasteiger partial charge on any atom is -0.491 e. The summed E-state index contributed by atoms with van der Waals surface area (Å²) in [5.74, 6) is 0.929. The minimum absolute atomic E-state index is 0.197. The summed E-state index contributed by atoms with van der Waals surface area (Å²) >= 11 is 0. The predicted molar refractivity (Wildman–Crippen MR) is 74.4 cm³/mol. The highest BCUT2D eigenvalue weighted by molar-refractivity contribution is 6.32. The fourth-order valence-electron chi connectivity index (χ4n) is 1.43. The topological polar surface area (TPSA) is 34.0 Å². The lowest BCUT2D eigenvalue weighted by molar-refractivity contribution is 0.240. The summed E-state index contributed by atoms with van der Waals surface area (Å²) in [5.41, 5.74) is 1.12. The van der Waals surface area contributed by atoms with E-state index in [-0.39, 0.29) is 15.8 Å². The minimum atomic E-state index is -0.321.